The second kappa shape index (κ2) is 17.1. The van der Waals surface area contributed by atoms with Gasteiger partial charge in [-0.3, -0.25) is 19.8 Å². The van der Waals surface area contributed by atoms with Crippen LogP contribution in [0.4, 0.5) is 11.4 Å². The van der Waals surface area contributed by atoms with Crippen molar-refractivity contribution in [3.8, 4) is 23.0 Å². The quantitative estimate of drug-likeness (QED) is 0.204. The number of ether oxygens (including phenoxy) is 2. The Morgan fingerprint density at radius 3 is 1.42 bits per heavy atom. The zero-order valence-electron chi connectivity index (χ0n) is 25.0. The van der Waals surface area contributed by atoms with Gasteiger partial charge in [-0.15, -0.1) is 0 Å². The Kier molecular flexibility index (Phi) is 13.0. The Morgan fingerprint density at radius 2 is 1.02 bits per heavy atom. The summed E-state index contributed by atoms with van der Waals surface area (Å²) in [6.45, 7) is 7.37. The molecule has 3 aromatic rings. The van der Waals surface area contributed by atoms with Crippen LogP contribution >= 0.6 is 0 Å². The fraction of sp³-hybridized carbons (Fsp3) is 0.412. The van der Waals surface area contributed by atoms with Crippen LogP contribution in [0, 0.1) is 0 Å². The number of likely N-dealkylation sites (tertiary alicyclic amines) is 2. The van der Waals surface area contributed by atoms with Gasteiger partial charge < -0.3 is 19.7 Å². The number of aliphatic imine (C=N–C) groups is 2. The molecule has 0 N–H and O–H groups in total. The van der Waals surface area contributed by atoms with Crippen LogP contribution in [0.2, 0.25) is 0 Å². The van der Waals surface area contributed by atoms with Crippen LogP contribution in [0.25, 0.3) is 0 Å². The Hall–Kier alpha value is -3.26. The molecule has 5 rings (SSSR count). The topological polar surface area (TPSA) is 95.8 Å². The summed E-state index contributed by atoms with van der Waals surface area (Å²) < 4.78 is 11.6. The molecule has 222 valence electrons. The molecule has 0 spiro atoms. The van der Waals surface area contributed by atoms with E-state index in [0.29, 0.717) is 47.2 Å². The monoisotopic (exact) mass is 632 g/mol. The molecule has 0 aliphatic carbocycles. The third kappa shape index (κ3) is 10.2. The van der Waals surface area contributed by atoms with Gasteiger partial charge in [0.25, 0.3) is 0 Å². The summed E-state index contributed by atoms with van der Waals surface area (Å²) in [6, 6.07) is 17.5. The molecule has 3 aromatic carbocycles. The summed E-state index contributed by atoms with van der Waals surface area (Å²) >= 11 is 0. The van der Waals surface area contributed by atoms with Crippen LogP contribution in [0.5, 0.6) is 23.0 Å². The second-order valence-corrected chi connectivity index (χ2v) is 10.9. The summed E-state index contributed by atoms with van der Waals surface area (Å²) in [5, 5.41) is 25.3. The summed E-state index contributed by atoms with van der Waals surface area (Å²) in [4.78, 5) is 13.9. The standard InChI is InChI=1S/C34H42N4O4.Zn/c39-33-23-29(41-21-19-37-15-5-1-6-16-37)13-11-27(33)25-35-31-9-3-4-10-32(31)36-26-28-12-14-30(24-34(28)40)42-22-20-38-17-7-2-8-18-38;/h3-4,9-14,23-26,39-40H,1-2,5-8,15-22H2;/q;+2/p-2. The summed E-state index contributed by atoms with van der Waals surface area (Å²) in [7, 11) is 0. The molecule has 0 saturated carbocycles. The van der Waals surface area contributed by atoms with Gasteiger partial charge in [0.15, 0.2) is 0 Å². The largest absolute Gasteiger partial charge is 2.00 e. The van der Waals surface area contributed by atoms with Gasteiger partial charge in [0.05, 0.1) is 11.4 Å². The average molecular weight is 634 g/mol. The van der Waals surface area contributed by atoms with E-state index >= 15 is 0 Å². The molecule has 0 radical (unpaired) electrons. The van der Waals surface area contributed by atoms with Gasteiger partial charge in [0.1, 0.15) is 24.7 Å². The van der Waals surface area contributed by atoms with E-state index in [1.807, 2.05) is 24.3 Å². The number of nitrogens with zero attached hydrogens (tertiary/aromatic N) is 4. The Labute approximate surface area is 267 Å². The number of piperidine rings is 2. The van der Waals surface area contributed by atoms with E-state index < -0.39 is 0 Å². The number of rotatable bonds is 12. The maximum Gasteiger partial charge on any atom is 2.00 e. The Bertz CT molecular complexity index is 1250. The van der Waals surface area contributed by atoms with Gasteiger partial charge in [-0.2, -0.15) is 0 Å². The van der Waals surface area contributed by atoms with Crippen molar-refractivity contribution >= 4 is 23.8 Å². The normalized spacial score (nSPS) is 16.4. The molecule has 0 atom stereocenters. The molecular formula is C34H40N4O4Zn. The molecule has 2 heterocycles. The molecule has 2 saturated heterocycles. The van der Waals surface area contributed by atoms with Crippen molar-refractivity contribution in [3.63, 3.8) is 0 Å². The van der Waals surface area contributed by atoms with Gasteiger partial charge in [-0.05, 0) is 99.4 Å². The minimum absolute atomic E-state index is 0. The van der Waals surface area contributed by atoms with Gasteiger partial charge in [0, 0.05) is 25.5 Å². The minimum Gasteiger partial charge on any atom is -0.872 e. The first kappa shape index (κ1) is 32.7. The maximum absolute atomic E-state index is 12.7. The van der Waals surface area contributed by atoms with Gasteiger partial charge >= 0.3 is 19.5 Å². The molecular weight excluding hydrogens is 594 g/mol. The third-order valence-electron chi connectivity index (χ3n) is 7.79. The van der Waals surface area contributed by atoms with Crippen molar-refractivity contribution in [3.05, 3.63) is 71.8 Å². The van der Waals surface area contributed by atoms with E-state index in [1.54, 1.807) is 36.7 Å². The minimum atomic E-state index is -0.149. The number of para-hydroxylation sites is 2. The Morgan fingerprint density at radius 1 is 0.605 bits per heavy atom. The molecule has 9 heteroatoms. The third-order valence-corrected chi connectivity index (χ3v) is 7.79. The number of benzene rings is 3. The van der Waals surface area contributed by atoms with Crippen molar-refractivity contribution in [2.45, 2.75) is 38.5 Å². The summed E-state index contributed by atoms with van der Waals surface area (Å²) in [6.07, 6.45) is 10.7. The van der Waals surface area contributed by atoms with E-state index in [1.165, 1.54) is 50.7 Å². The first-order valence-electron chi connectivity index (χ1n) is 15.1. The maximum atomic E-state index is 12.7. The van der Waals surface area contributed by atoms with Crippen molar-refractivity contribution in [1.29, 1.82) is 0 Å². The molecule has 8 nitrogen and oxygen atoms in total. The molecule has 2 fully saturated rings. The van der Waals surface area contributed by atoms with Crippen LogP contribution in [-0.4, -0.2) is 74.7 Å². The first-order chi connectivity index (χ1) is 20.6. The van der Waals surface area contributed by atoms with E-state index in [-0.39, 0.29) is 31.0 Å². The zero-order chi connectivity index (χ0) is 29.0. The van der Waals surface area contributed by atoms with E-state index in [9.17, 15) is 10.2 Å². The second-order valence-electron chi connectivity index (χ2n) is 10.9. The Balaban J connectivity index is 0.00000423. The zero-order valence-corrected chi connectivity index (χ0v) is 27.9. The molecule has 0 bridgehead atoms. The summed E-state index contributed by atoms with van der Waals surface area (Å²) in [5.41, 5.74) is 2.13. The fourth-order valence-electron chi connectivity index (χ4n) is 5.33. The van der Waals surface area contributed by atoms with Crippen molar-refractivity contribution < 1.29 is 39.2 Å². The SMILES string of the molecule is [O-]c1cc(OCCN2CCCCC2)ccc1C=Nc1ccccc1N=Cc1ccc(OCCN2CCCCC2)cc1[O-].[Zn+2]. The van der Waals surface area contributed by atoms with Crippen molar-refractivity contribution in [2.75, 3.05) is 52.5 Å². The molecule has 0 aromatic heterocycles. The van der Waals surface area contributed by atoms with Crippen LogP contribution in [0.15, 0.2) is 70.6 Å². The average Bonchev–Trinajstić information content (AvgIpc) is 3.02. The van der Waals surface area contributed by atoms with Crippen molar-refractivity contribution in [1.82, 2.24) is 9.80 Å². The van der Waals surface area contributed by atoms with E-state index in [2.05, 4.69) is 19.8 Å². The molecule has 0 amide bonds. The molecule has 43 heavy (non-hydrogen) atoms. The molecule has 0 unspecified atom stereocenters. The smallest absolute Gasteiger partial charge is 0.872 e. The summed E-state index contributed by atoms with van der Waals surface area (Å²) in [5.74, 6) is 0.853. The first-order valence-corrected chi connectivity index (χ1v) is 15.1. The van der Waals surface area contributed by atoms with Gasteiger partial charge in [0.2, 0.25) is 0 Å². The fourth-order valence-corrected chi connectivity index (χ4v) is 5.33. The van der Waals surface area contributed by atoms with Crippen LogP contribution in [0.1, 0.15) is 49.7 Å². The van der Waals surface area contributed by atoms with Crippen LogP contribution in [-0.2, 0) is 19.5 Å². The van der Waals surface area contributed by atoms with E-state index in [0.717, 1.165) is 39.3 Å². The number of hydrogen-bond donors (Lipinski definition) is 0. The predicted molar refractivity (Wildman–Crippen MR) is 164 cm³/mol. The van der Waals surface area contributed by atoms with E-state index in [4.69, 9.17) is 9.47 Å². The van der Waals surface area contributed by atoms with Crippen molar-refractivity contribution in [2.24, 2.45) is 9.98 Å². The van der Waals surface area contributed by atoms with Gasteiger partial charge in [-0.25, -0.2) is 0 Å². The predicted octanol–water partition coefficient (Wildman–Crippen LogP) is 5.06. The molecule has 2 aliphatic rings. The number of hydrogen-bond acceptors (Lipinski definition) is 8. The van der Waals surface area contributed by atoms with Crippen LogP contribution < -0.4 is 19.7 Å². The van der Waals surface area contributed by atoms with Crippen LogP contribution in [0.3, 0.4) is 0 Å². The molecule has 2 aliphatic heterocycles. The van der Waals surface area contributed by atoms with Gasteiger partial charge in [-0.1, -0.05) is 48.6 Å².